The molecule has 0 atom stereocenters. The van der Waals surface area contributed by atoms with Crippen molar-refractivity contribution < 1.29 is 23.9 Å². The fourth-order valence-corrected chi connectivity index (χ4v) is 3.59. The minimum absolute atomic E-state index is 0.189. The maximum Gasteiger partial charge on any atom is 0.325 e. The van der Waals surface area contributed by atoms with E-state index in [4.69, 9.17) is 9.47 Å². The van der Waals surface area contributed by atoms with E-state index in [-0.39, 0.29) is 31.7 Å². The van der Waals surface area contributed by atoms with Crippen LogP contribution >= 0.6 is 0 Å². The van der Waals surface area contributed by atoms with Crippen molar-refractivity contribution in [2.75, 3.05) is 13.3 Å². The Bertz CT molecular complexity index is 743. The molecule has 1 fully saturated rings. The zero-order chi connectivity index (χ0) is 19.4. The van der Waals surface area contributed by atoms with Gasteiger partial charge in [-0.25, -0.2) is 4.79 Å². The Morgan fingerprint density at radius 1 is 1.19 bits per heavy atom. The van der Waals surface area contributed by atoms with E-state index in [0.29, 0.717) is 24.3 Å². The van der Waals surface area contributed by atoms with Crippen LogP contribution < -0.4 is 20.1 Å². The molecule has 0 unspecified atom stereocenters. The van der Waals surface area contributed by atoms with Gasteiger partial charge in [0.15, 0.2) is 11.5 Å². The van der Waals surface area contributed by atoms with Crippen molar-refractivity contribution >= 4 is 17.8 Å². The highest BCUT2D eigenvalue weighted by Gasteiger charge is 2.50. The Labute approximate surface area is 158 Å². The lowest BCUT2D eigenvalue weighted by atomic mass is 9.88. The van der Waals surface area contributed by atoms with Gasteiger partial charge in [0.05, 0.1) is 0 Å². The summed E-state index contributed by atoms with van der Waals surface area (Å²) < 4.78 is 10.6. The van der Waals surface area contributed by atoms with Crippen LogP contribution in [0.15, 0.2) is 18.2 Å². The molecule has 8 nitrogen and oxygen atoms in total. The first-order valence-corrected chi connectivity index (χ1v) is 9.28. The van der Waals surface area contributed by atoms with Gasteiger partial charge < -0.3 is 20.1 Å². The van der Waals surface area contributed by atoms with Crippen LogP contribution in [0.25, 0.3) is 0 Å². The van der Waals surface area contributed by atoms with Crippen molar-refractivity contribution in [2.45, 2.75) is 51.6 Å². The zero-order valence-corrected chi connectivity index (χ0v) is 15.7. The molecule has 8 heteroatoms. The molecular weight excluding hydrogens is 350 g/mol. The van der Waals surface area contributed by atoms with Gasteiger partial charge >= 0.3 is 6.03 Å². The smallest absolute Gasteiger partial charge is 0.325 e. The molecule has 1 saturated heterocycles. The predicted octanol–water partition coefficient (Wildman–Crippen LogP) is 1.92. The predicted molar refractivity (Wildman–Crippen MR) is 97.2 cm³/mol. The second kappa shape index (κ2) is 7.85. The molecule has 146 valence electrons. The van der Waals surface area contributed by atoms with Crippen LogP contribution in [0.3, 0.4) is 0 Å². The quantitative estimate of drug-likeness (QED) is 0.677. The number of rotatable bonds is 8. The minimum Gasteiger partial charge on any atom is -0.454 e. The van der Waals surface area contributed by atoms with Crippen LogP contribution in [0.5, 0.6) is 11.5 Å². The molecule has 0 bridgehead atoms. The third-order valence-electron chi connectivity index (χ3n) is 4.83. The fraction of sp³-hybridized carbons (Fsp3) is 0.526. The maximum absolute atomic E-state index is 12.8. The SMILES string of the molecule is CCCC1(CCC)NC(=O)N(CC(=O)NCc2ccc3c(c2)OCO3)C1=O. The first-order chi connectivity index (χ1) is 13.0. The average molecular weight is 375 g/mol. The second-order valence-corrected chi connectivity index (χ2v) is 6.87. The number of urea groups is 1. The number of fused-ring (bicyclic) bond motifs is 1. The number of hydrogen-bond donors (Lipinski definition) is 2. The summed E-state index contributed by atoms with van der Waals surface area (Å²) in [7, 11) is 0. The Morgan fingerprint density at radius 2 is 1.89 bits per heavy atom. The fourth-order valence-electron chi connectivity index (χ4n) is 3.59. The Kier molecular flexibility index (Phi) is 5.53. The molecule has 0 aromatic heterocycles. The van der Waals surface area contributed by atoms with Gasteiger partial charge in [0, 0.05) is 6.54 Å². The lowest BCUT2D eigenvalue weighted by Crippen LogP contribution is -2.47. The number of nitrogens with zero attached hydrogens (tertiary/aromatic N) is 1. The highest BCUT2D eigenvalue weighted by molar-refractivity contribution is 6.09. The van der Waals surface area contributed by atoms with E-state index < -0.39 is 11.6 Å². The topological polar surface area (TPSA) is 97.0 Å². The normalized spacial score (nSPS) is 17.2. The third-order valence-corrected chi connectivity index (χ3v) is 4.83. The molecule has 0 saturated carbocycles. The van der Waals surface area contributed by atoms with Crippen molar-refractivity contribution in [2.24, 2.45) is 0 Å². The van der Waals surface area contributed by atoms with E-state index >= 15 is 0 Å². The van der Waals surface area contributed by atoms with Gasteiger partial charge in [0.2, 0.25) is 12.7 Å². The molecule has 1 aromatic rings. The van der Waals surface area contributed by atoms with Gasteiger partial charge in [0.1, 0.15) is 12.1 Å². The Hall–Kier alpha value is -2.77. The second-order valence-electron chi connectivity index (χ2n) is 6.87. The molecule has 2 aliphatic heterocycles. The number of imide groups is 1. The molecule has 2 N–H and O–H groups in total. The molecule has 4 amide bonds. The van der Waals surface area contributed by atoms with Gasteiger partial charge in [-0.15, -0.1) is 0 Å². The molecule has 2 aliphatic rings. The number of benzene rings is 1. The van der Waals surface area contributed by atoms with Crippen molar-refractivity contribution in [1.29, 1.82) is 0 Å². The third kappa shape index (κ3) is 3.84. The molecule has 3 rings (SSSR count). The van der Waals surface area contributed by atoms with Gasteiger partial charge in [-0.2, -0.15) is 0 Å². The molecule has 0 radical (unpaired) electrons. The summed E-state index contributed by atoms with van der Waals surface area (Å²) in [5.41, 5.74) is -0.0332. The van der Waals surface area contributed by atoms with E-state index in [1.807, 2.05) is 19.9 Å². The van der Waals surface area contributed by atoms with E-state index in [9.17, 15) is 14.4 Å². The van der Waals surface area contributed by atoms with Crippen LogP contribution in [0.1, 0.15) is 45.1 Å². The number of nitrogens with one attached hydrogen (secondary N) is 2. The molecule has 27 heavy (non-hydrogen) atoms. The molecule has 1 aromatic carbocycles. The summed E-state index contributed by atoms with van der Waals surface area (Å²) in [4.78, 5) is 38.4. The van der Waals surface area contributed by atoms with Crippen LogP contribution in [0.4, 0.5) is 4.79 Å². The van der Waals surface area contributed by atoms with Crippen molar-refractivity contribution in [3.05, 3.63) is 23.8 Å². The molecule has 0 aliphatic carbocycles. The van der Waals surface area contributed by atoms with E-state index in [2.05, 4.69) is 10.6 Å². The highest BCUT2D eigenvalue weighted by atomic mass is 16.7. The van der Waals surface area contributed by atoms with Gasteiger partial charge in [0.25, 0.3) is 5.91 Å². The average Bonchev–Trinajstić information content (AvgIpc) is 3.19. The van der Waals surface area contributed by atoms with Crippen LogP contribution in [0.2, 0.25) is 0 Å². The van der Waals surface area contributed by atoms with E-state index in [1.165, 1.54) is 0 Å². The van der Waals surface area contributed by atoms with E-state index in [0.717, 1.165) is 23.3 Å². The molecule has 0 spiro atoms. The monoisotopic (exact) mass is 375 g/mol. The summed E-state index contributed by atoms with van der Waals surface area (Å²) >= 11 is 0. The molecule has 2 heterocycles. The van der Waals surface area contributed by atoms with Crippen molar-refractivity contribution in [3.8, 4) is 11.5 Å². The summed E-state index contributed by atoms with van der Waals surface area (Å²) in [5.74, 6) is 0.613. The summed E-state index contributed by atoms with van der Waals surface area (Å²) in [6, 6.07) is 4.91. The maximum atomic E-state index is 12.8. The number of hydrogen-bond acceptors (Lipinski definition) is 5. The summed E-state index contributed by atoms with van der Waals surface area (Å²) in [6.07, 6.45) is 2.69. The van der Waals surface area contributed by atoms with E-state index in [1.54, 1.807) is 12.1 Å². The standard InChI is InChI=1S/C19H25N3O5/c1-3-7-19(8-4-2)17(24)22(18(25)21-19)11-16(23)20-10-13-5-6-14-15(9-13)27-12-26-14/h5-6,9H,3-4,7-8,10-12H2,1-2H3,(H,20,23)(H,21,25). The van der Waals surface area contributed by atoms with Crippen molar-refractivity contribution in [3.63, 3.8) is 0 Å². The van der Waals surface area contributed by atoms with Gasteiger partial charge in [-0.1, -0.05) is 32.8 Å². The Balaban J connectivity index is 1.58. The lowest BCUT2D eigenvalue weighted by Gasteiger charge is -2.25. The van der Waals surface area contributed by atoms with Crippen molar-refractivity contribution in [1.82, 2.24) is 15.5 Å². The lowest BCUT2D eigenvalue weighted by molar-refractivity contribution is -0.135. The van der Waals surface area contributed by atoms with Crippen LogP contribution in [-0.2, 0) is 16.1 Å². The first-order valence-electron chi connectivity index (χ1n) is 9.28. The van der Waals surface area contributed by atoms with Crippen LogP contribution in [0, 0.1) is 0 Å². The zero-order valence-electron chi connectivity index (χ0n) is 15.7. The summed E-state index contributed by atoms with van der Waals surface area (Å²) in [5, 5.41) is 5.54. The van der Waals surface area contributed by atoms with Gasteiger partial charge in [-0.05, 0) is 30.5 Å². The molecular formula is C19H25N3O5. The highest BCUT2D eigenvalue weighted by Crippen LogP contribution is 2.32. The van der Waals surface area contributed by atoms with Crippen LogP contribution in [-0.4, -0.2) is 41.6 Å². The summed E-state index contributed by atoms with van der Waals surface area (Å²) in [6.45, 7) is 4.11. The number of carbonyl (C=O) groups excluding carboxylic acids is 3. The Morgan fingerprint density at radius 3 is 2.59 bits per heavy atom. The number of amides is 4. The number of carbonyl (C=O) groups is 3. The number of ether oxygens (including phenoxy) is 2. The first kappa shape index (κ1) is 19.0. The largest absolute Gasteiger partial charge is 0.454 e. The minimum atomic E-state index is -0.877. The van der Waals surface area contributed by atoms with Gasteiger partial charge in [-0.3, -0.25) is 14.5 Å².